The van der Waals surface area contributed by atoms with Crippen LogP contribution in [0.3, 0.4) is 0 Å². The van der Waals surface area contributed by atoms with Crippen molar-refractivity contribution in [2.45, 2.75) is 38.5 Å². The van der Waals surface area contributed by atoms with Gasteiger partial charge in [-0.25, -0.2) is 0 Å². The number of aliphatic hydroxyl groups is 1. The van der Waals surface area contributed by atoms with Crippen molar-refractivity contribution in [3.63, 3.8) is 0 Å². The monoisotopic (exact) mass is 148 g/mol. The van der Waals surface area contributed by atoms with E-state index < -0.39 is 5.60 Å². The highest BCUT2D eigenvalue weighted by molar-refractivity contribution is 7.99. The van der Waals surface area contributed by atoms with Crippen LogP contribution >= 0.6 is 11.8 Å². The van der Waals surface area contributed by atoms with Gasteiger partial charge in [0.25, 0.3) is 0 Å². The van der Waals surface area contributed by atoms with Crippen LogP contribution in [0.15, 0.2) is 0 Å². The SMILES string of the molecule is CC(C)SCC(C)(C)O. The van der Waals surface area contributed by atoms with Gasteiger partial charge in [-0.15, -0.1) is 0 Å². The van der Waals surface area contributed by atoms with Crippen molar-refractivity contribution in [2.75, 3.05) is 5.75 Å². The molecule has 9 heavy (non-hydrogen) atoms. The second kappa shape index (κ2) is 3.47. The summed E-state index contributed by atoms with van der Waals surface area (Å²) in [6.45, 7) is 7.94. The molecule has 0 aliphatic heterocycles. The third-order valence-electron chi connectivity index (χ3n) is 0.770. The maximum absolute atomic E-state index is 9.25. The third-order valence-corrected chi connectivity index (χ3v) is 2.31. The largest absolute Gasteiger partial charge is 0.390 e. The molecule has 0 rings (SSSR count). The van der Waals surface area contributed by atoms with Gasteiger partial charge in [0.2, 0.25) is 0 Å². The summed E-state index contributed by atoms with van der Waals surface area (Å²) >= 11 is 1.79. The summed E-state index contributed by atoms with van der Waals surface area (Å²) in [6, 6.07) is 0. The second-order valence-corrected chi connectivity index (χ2v) is 4.74. The summed E-state index contributed by atoms with van der Waals surface area (Å²) in [7, 11) is 0. The maximum atomic E-state index is 9.25. The summed E-state index contributed by atoms with van der Waals surface area (Å²) in [5.74, 6) is 0.824. The molecule has 0 bridgehead atoms. The fourth-order valence-electron chi connectivity index (χ4n) is 0.371. The molecule has 0 aromatic rings. The highest BCUT2D eigenvalue weighted by Gasteiger charge is 2.12. The first-order valence-corrected chi connectivity index (χ1v) is 4.30. The van der Waals surface area contributed by atoms with Gasteiger partial charge in [-0.2, -0.15) is 11.8 Å². The minimum absolute atomic E-state index is 0.505. The van der Waals surface area contributed by atoms with E-state index in [4.69, 9.17) is 0 Å². The number of rotatable bonds is 3. The van der Waals surface area contributed by atoms with Crippen LogP contribution in [0.5, 0.6) is 0 Å². The van der Waals surface area contributed by atoms with Gasteiger partial charge >= 0.3 is 0 Å². The molecule has 0 spiro atoms. The summed E-state index contributed by atoms with van der Waals surface area (Å²) in [5.41, 5.74) is -0.505. The van der Waals surface area contributed by atoms with Crippen molar-refractivity contribution in [1.82, 2.24) is 0 Å². The zero-order valence-corrected chi connectivity index (χ0v) is 7.46. The molecule has 0 fully saturated rings. The maximum Gasteiger partial charge on any atom is 0.0681 e. The quantitative estimate of drug-likeness (QED) is 0.659. The van der Waals surface area contributed by atoms with E-state index in [9.17, 15) is 5.11 Å². The Morgan fingerprint density at radius 3 is 2.00 bits per heavy atom. The predicted molar refractivity (Wildman–Crippen MR) is 43.9 cm³/mol. The first-order chi connectivity index (χ1) is 3.92. The standard InChI is InChI=1S/C7H16OS/c1-6(2)9-5-7(3,4)8/h6,8H,5H2,1-4H3. The molecule has 1 nitrogen and oxygen atoms in total. The zero-order chi connectivity index (χ0) is 7.49. The van der Waals surface area contributed by atoms with Gasteiger partial charge in [0.05, 0.1) is 5.60 Å². The van der Waals surface area contributed by atoms with Crippen LogP contribution in [0.1, 0.15) is 27.7 Å². The van der Waals surface area contributed by atoms with Crippen LogP contribution in [0, 0.1) is 0 Å². The van der Waals surface area contributed by atoms with Crippen LogP contribution in [-0.2, 0) is 0 Å². The van der Waals surface area contributed by atoms with E-state index in [-0.39, 0.29) is 0 Å². The molecule has 0 saturated carbocycles. The van der Waals surface area contributed by atoms with E-state index in [1.54, 1.807) is 11.8 Å². The normalized spacial score (nSPS) is 12.7. The molecule has 0 aromatic carbocycles. The first-order valence-electron chi connectivity index (χ1n) is 3.26. The van der Waals surface area contributed by atoms with Crippen LogP contribution in [-0.4, -0.2) is 21.7 Å². The molecule has 0 saturated heterocycles. The molecule has 0 aliphatic rings. The minimum Gasteiger partial charge on any atom is -0.390 e. The van der Waals surface area contributed by atoms with Gasteiger partial charge in [-0.1, -0.05) is 13.8 Å². The summed E-state index contributed by atoms with van der Waals surface area (Å²) in [4.78, 5) is 0. The van der Waals surface area contributed by atoms with Gasteiger partial charge in [0.1, 0.15) is 0 Å². The number of hydrogen-bond acceptors (Lipinski definition) is 2. The molecule has 2 heteroatoms. The topological polar surface area (TPSA) is 20.2 Å². The molecule has 0 atom stereocenters. The Kier molecular flexibility index (Phi) is 3.59. The van der Waals surface area contributed by atoms with E-state index in [2.05, 4.69) is 13.8 Å². The zero-order valence-electron chi connectivity index (χ0n) is 6.64. The van der Waals surface area contributed by atoms with Crippen LogP contribution < -0.4 is 0 Å². The molecular weight excluding hydrogens is 132 g/mol. The van der Waals surface area contributed by atoms with Gasteiger partial charge in [-0.3, -0.25) is 0 Å². The molecule has 0 aliphatic carbocycles. The van der Waals surface area contributed by atoms with Crippen LogP contribution in [0.2, 0.25) is 0 Å². The lowest BCUT2D eigenvalue weighted by Gasteiger charge is -2.17. The third kappa shape index (κ3) is 8.31. The molecule has 0 amide bonds. The minimum atomic E-state index is -0.505. The Morgan fingerprint density at radius 2 is 1.89 bits per heavy atom. The summed E-state index contributed by atoms with van der Waals surface area (Å²) in [5, 5.41) is 9.87. The Hall–Kier alpha value is 0.310. The Balaban J connectivity index is 3.28. The first kappa shape index (κ1) is 9.31. The van der Waals surface area contributed by atoms with E-state index in [0.717, 1.165) is 5.75 Å². The Morgan fingerprint density at radius 1 is 1.44 bits per heavy atom. The van der Waals surface area contributed by atoms with Crippen molar-refractivity contribution in [3.8, 4) is 0 Å². The molecule has 0 radical (unpaired) electrons. The highest BCUT2D eigenvalue weighted by atomic mass is 32.2. The lowest BCUT2D eigenvalue weighted by molar-refractivity contribution is 0.107. The van der Waals surface area contributed by atoms with E-state index >= 15 is 0 Å². The lowest BCUT2D eigenvalue weighted by atomic mass is 10.2. The van der Waals surface area contributed by atoms with Crippen molar-refractivity contribution in [2.24, 2.45) is 0 Å². The Bertz CT molecular complexity index is 73.5. The van der Waals surface area contributed by atoms with Gasteiger partial charge in [-0.05, 0) is 19.1 Å². The average Bonchev–Trinajstić information content (AvgIpc) is 1.59. The van der Waals surface area contributed by atoms with Gasteiger partial charge in [0.15, 0.2) is 0 Å². The smallest absolute Gasteiger partial charge is 0.0681 e. The summed E-state index contributed by atoms with van der Waals surface area (Å²) in [6.07, 6.45) is 0. The predicted octanol–water partition coefficient (Wildman–Crippen LogP) is 1.90. The van der Waals surface area contributed by atoms with Crippen molar-refractivity contribution in [1.29, 1.82) is 0 Å². The van der Waals surface area contributed by atoms with Crippen molar-refractivity contribution >= 4 is 11.8 Å². The number of thioether (sulfide) groups is 1. The van der Waals surface area contributed by atoms with Gasteiger partial charge in [0, 0.05) is 5.75 Å². The molecule has 0 unspecified atom stereocenters. The van der Waals surface area contributed by atoms with E-state index in [0.29, 0.717) is 5.25 Å². The summed E-state index contributed by atoms with van der Waals surface area (Å²) < 4.78 is 0. The molecule has 0 aromatic heterocycles. The lowest BCUT2D eigenvalue weighted by Crippen LogP contribution is -2.22. The van der Waals surface area contributed by atoms with Crippen LogP contribution in [0.25, 0.3) is 0 Å². The van der Waals surface area contributed by atoms with E-state index in [1.165, 1.54) is 0 Å². The fraction of sp³-hybridized carbons (Fsp3) is 1.00. The molecule has 56 valence electrons. The fourth-order valence-corrected chi connectivity index (χ4v) is 1.11. The molecular formula is C7H16OS. The number of hydrogen-bond donors (Lipinski definition) is 1. The van der Waals surface area contributed by atoms with Gasteiger partial charge < -0.3 is 5.11 Å². The van der Waals surface area contributed by atoms with Crippen LogP contribution in [0.4, 0.5) is 0 Å². The molecule has 0 heterocycles. The molecule has 1 N–H and O–H groups in total. The second-order valence-electron chi connectivity index (χ2n) is 3.17. The van der Waals surface area contributed by atoms with Crippen molar-refractivity contribution in [3.05, 3.63) is 0 Å². The highest BCUT2D eigenvalue weighted by Crippen LogP contribution is 2.16. The Labute approximate surface area is 61.8 Å². The van der Waals surface area contributed by atoms with Crippen molar-refractivity contribution < 1.29 is 5.11 Å². The van der Waals surface area contributed by atoms with E-state index in [1.807, 2.05) is 13.8 Å². The average molecular weight is 148 g/mol.